The zero-order valence-corrected chi connectivity index (χ0v) is 20.4. The van der Waals surface area contributed by atoms with E-state index in [4.69, 9.17) is 11.6 Å². The van der Waals surface area contributed by atoms with Crippen LogP contribution in [-0.4, -0.2) is 25.5 Å². The number of benzene rings is 1. The third-order valence-electron chi connectivity index (χ3n) is 4.98. The summed E-state index contributed by atoms with van der Waals surface area (Å²) in [6.07, 6.45) is -1.28. The zero-order chi connectivity index (χ0) is 23.0. The fraction of sp³-hybridized carbons (Fsp3) is 0.350. The SMILES string of the molecule is O=C(CCn1nc(C(F)(F)F)c(Br)c1C1CC1)Nc1nn(Cc2ccccc2Cl)cc1Br. The van der Waals surface area contributed by atoms with Gasteiger partial charge >= 0.3 is 6.18 Å². The Morgan fingerprint density at radius 3 is 2.59 bits per heavy atom. The highest BCUT2D eigenvalue weighted by atomic mass is 79.9. The normalized spacial score (nSPS) is 14.1. The minimum Gasteiger partial charge on any atom is -0.308 e. The average Bonchev–Trinajstić information content (AvgIpc) is 3.40. The first-order valence-corrected chi connectivity index (χ1v) is 11.7. The summed E-state index contributed by atoms with van der Waals surface area (Å²) in [5, 5.41) is 11.4. The lowest BCUT2D eigenvalue weighted by Crippen LogP contribution is -2.17. The van der Waals surface area contributed by atoms with Crippen LogP contribution in [0.2, 0.25) is 5.02 Å². The van der Waals surface area contributed by atoms with Crippen LogP contribution in [0.1, 0.15) is 42.1 Å². The molecule has 32 heavy (non-hydrogen) atoms. The second-order valence-corrected chi connectivity index (χ2v) is 9.51. The predicted molar refractivity (Wildman–Crippen MR) is 121 cm³/mol. The Morgan fingerprint density at radius 1 is 1.22 bits per heavy atom. The van der Waals surface area contributed by atoms with Crippen LogP contribution in [0.5, 0.6) is 0 Å². The first-order chi connectivity index (χ1) is 15.1. The van der Waals surface area contributed by atoms with Crippen molar-refractivity contribution < 1.29 is 18.0 Å². The Balaban J connectivity index is 1.42. The Labute approximate surface area is 203 Å². The monoisotopic (exact) mass is 593 g/mol. The Bertz CT molecular complexity index is 1160. The fourth-order valence-electron chi connectivity index (χ4n) is 3.32. The smallest absolute Gasteiger partial charge is 0.308 e. The van der Waals surface area contributed by atoms with Crippen LogP contribution in [0.3, 0.4) is 0 Å². The molecule has 1 amide bonds. The van der Waals surface area contributed by atoms with Crippen LogP contribution in [0, 0.1) is 0 Å². The van der Waals surface area contributed by atoms with Gasteiger partial charge in [-0.2, -0.15) is 23.4 Å². The Hall–Kier alpha value is -1.85. The molecule has 4 rings (SSSR count). The van der Waals surface area contributed by atoms with Gasteiger partial charge in [-0.25, -0.2) is 0 Å². The maximum Gasteiger partial charge on any atom is 0.436 e. The number of amides is 1. The van der Waals surface area contributed by atoms with E-state index in [1.807, 2.05) is 18.2 Å². The predicted octanol–water partition coefficient (Wildman–Crippen LogP) is 6.23. The summed E-state index contributed by atoms with van der Waals surface area (Å²) in [4.78, 5) is 12.5. The number of carbonyl (C=O) groups excluding carboxylic acids is 1. The first-order valence-electron chi connectivity index (χ1n) is 9.73. The molecule has 1 fully saturated rings. The molecule has 2 aromatic heterocycles. The third kappa shape index (κ3) is 5.20. The molecule has 3 aromatic rings. The van der Waals surface area contributed by atoms with Gasteiger partial charge in [-0.05, 0) is 56.3 Å². The second kappa shape index (κ2) is 9.18. The summed E-state index contributed by atoms with van der Waals surface area (Å²) < 4.78 is 43.2. The van der Waals surface area contributed by atoms with Crippen molar-refractivity contribution in [2.24, 2.45) is 0 Å². The molecule has 12 heteroatoms. The molecule has 170 valence electrons. The maximum absolute atomic E-state index is 13.2. The molecule has 6 nitrogen and oxygen atoms in total. The quantitative estimate of drug-likeness (QED) is 0.352. The summed E-state index contributed by atoms with van der Waals surface area (Å²) in [6, 6.07) is 7.37. The van der Waals surface area contributed by atoms with E-state index in [-0.39, 0.29) is 29.3 Å². The molecule has 1 aromatic carbocycles. The van der Waals surface area contributed by atoms with Gasteiger partial charge in [0, 0.05) is 23.6 Å². The van der Waals surface area contributed by atoms with Crippen molar-refractivity contribution in [1.82, 2.24) is 19.6 Å². The van der Waals surface area contributed by atoms with Crippen molar-refractivity contribution in [3.63, 3.8) is 0 Å². The van der Waals surface area contributed by atoms with Crippen LogP contribution in [-0.2, 0) is 24.1 Å². The van der Waals surface area contributed by atoms with Crippen LogP contribution in [0.15, 0.2) is 39.4 Å². The lowest BCUT2D eigenvalue weighted by molar-refractivity contribution is -0.142. The number of aryl methyl sites for hydroxylation is 1. The number of alkyl halides is 3. The average molecular weight is 596 g/mol. The molecule has 0 spiro atoms. The molecular weight excluding hydrogens is 579 g/mol. The van der Waals surface area contributed by atoms with Crippen molar-refractivity contribution in [3.8, 4) is 0 Å². The van der Waals surface area contributed by atoms with Gasteiger partial charge in [-0.1, -0.05) is 29.8 Å². The molecule has 0 saturated heterocycles. The van der Waals surface area contributed by atoms with E-state index in [9.17, 15) is 18.0 Å². The molecule has 0 radical (unpaired) electrons. The van der Waals surface area contributed by atoms with Crippen LogP contribution in [0.25, 0.3) is 0 Å². The van der Waals surface area contributed by atoms with E-state index >= 15 is 0 Å². The summed E-state index contributed by atoms with van der Waals surface area (Å²) in [6.45, 7) is 0.449. The van der Waals surface area contributed by atoms with E-state index in [0.717, 1.165) is 18.4 Å². The van der Waals surface area contributed by atoms with Gasteiger partial charge in [-0.3, -0.25) is 14.2 Å². The number of hydrogen-bond acceptors (Lipinski definition) is 3. The summed E-state index contributed by atoms with van der Waals surface area (Å²) in [5.74, 6) is -0.0246. The number of hydrogen-bond donors (Lipinski definition) is 1. The van der Waals surface area contributed by atoms with Gasteiger partial charge < -0.3 is 5.32 Å². The van der Waals surface area contributed by atoms with Crippen molar-refractivity contribution in [2.75, 3.05) is 5.32 Å². The van der Waals surface area contributed by atoms with Gasteiger partial charge in [0.15, 0.2) is 11.5 Å². The van der Waals surface area contributed by atoms with E-state index in [1.165, 1.54) is 4.68 Å². The molecular formula is C20H17Br2ClF3N5O. The van der Waals surface area contributed by atoms with E-state index in [0.29, 0.717) is 27.6 Å². The van der Waals surface area contributed by atoms with Crippen molar-refractivity contribution in [1.29, 1.82) is 0 Å². The number of anilines is 1. The molecule has 1 aliphatic carbocycles. The Morgan fingerprint density at radius 2 is 1.94 bits per heavy atom. The second-order valence-electron chi connectivity index (χ2n) is 7.46. The molecule has 0 unspecified atom stereocenters. The fourth-order valence-corrected chi connectivity index (χ4v) is 4.76. The maximum atomic E-state index is 13.2. The molecule has 2 heterocycles. The Kier molecular flexibility index (Phi) is 6.69. The lowest BCUT2D eigenvalue weighted by atomic mass is 10.2. The van der Waals surface area contributed by atoms with E-state index < -0.39 is 11.9 Å². The van der Waals surface area contributed by atoms with Crippen LogP contribution in [0.4, 0.5) is 19.0 Å². The van der Waals surface area contributed by atoms with Gasteiger partial charge in [-0.15, -0.1) is 0 Å². The van der Waals surface area contributed by atoms with Crippen molar-refractivity contribution in [2.45, 2.75) is 44.4 Å². The van der Waals surface area contributed by atoms with Crippen molar-refractivity contribution >= 4 is 55.2 Å². The lowest BCUT2D eigenvalue weighted by Gasteiger charge is -2.07. The summed E-state index contributed by atoms with van der Waals surface area (Å²) in [7, 11) is 0. The summed E-state index contributed by atoms with van der Waals surface area (Å²) >= 11 is 12.6. The number of carbonyl (C=O) groups is 1. The number of halogens is 6. The molecule has 0 aliphatic heterocycles. The first kappa shape index (κ1) is 23.3. The van der Waals surface area contributed by atoms with E-state index in [1.54, 1.807) is 16.9 Å². The highest BCUT2D eigenvalue weighted by Gasteiger charge is 2.41. The van der Waals surface area contributed by atoms with Crippen LogP contribution >= 0.6 is 43.5 Å². The zero-order valence-electron chi connectivity index (χ0n) is 16.5. The number of aromatic nitrogens is 4. The molecule has 1 aliphatic rings. The van der Waals surface area contributed by atoms with Crippen molar-refractivity contribution in [3.05, 3.63) is 61.4 Å². The van der Waals surface area contributed by atoms with Gasteiger partial charge in [0.25, 0.3) is 0 Å². The minimum absolute atomic E-state index is 0.0320. The number of rotatable bonds is 7. The summed E-state index contributed by atoms with van der Waals surface area (Å²) in [5.41, 5.74) is 0.413. The molecule has 0 atom stereocenters. The molecule has 0 bridgehead atoms. The van der Waals surface area contributed by atoms with Gasteiger partial charge in [0.1, 0.15) is 0 Å². The number of nitrogens with one attached hydrogen (secondary N) is 1. The largest absolute Gasteiger partial charge is 0.436 e. The van der Waals surface area contributed by atoms with Gasteiger partial charge in [0.2, 0.25) is 5.91 Å². The highest BCUT2D eigenvalue weighted by Crippen LogP contribution is 2.47. The van der Waals surface area contributed by atoms with E-state index in [2.05, 4.69) is 47.4 Å². The topological polar surface area (TPSA) is 64.7 Å². The minimum atomic E-state index is -4.56. The highest BCUT2D eigenvalue weighted by molar-refractivity contribution is 9.11. The van der Waals surface area contributed by atoms with Crippen LogP contribution < -0.4 is 5.32 Å². The third-order valence-corrected chi connectivity index (χ3v) is 6.71. The molecule has 1 N–H and O–H groups in total. The molecule has 1 saturated carbocycles. The number of nitrogens with zero attached hydrogens (tertiary/aromatic N) is 4. The standard InChI is InChI=1S/C20H17Br2ClF3N5O/c21-13-10-30(9-12-3-1-2-4-14(12)23)29-19(13)27-15(32)7-8-31-17(11-5-6-11)16(22)18(28-31)20(24,25)26/h1-4,10-11H,5-9H2,(H,27,29,32). The van der Waals surface area contributed by atoms with Gasteiger partial charge in [0.05, 0.1) is 27.7 Å².